The first-order valence-corrected chi connectivity index (χ1v) is 13.6. The number of aryl methyl sites for hydroxylation is 3. The van der Waals surface area contributed by atoms with Crippen LogP contribution in [0.15, 0.2) is 97.2 Å². The van der Waals surface area contributed by atoms with E-state index >= 15 is 0 Å². The molecule has 6 aromatic rings. The zero-order chi connectivity index (χ0) is 26.9. The minimum Gasteiger partial charge on any atom is -0.281 e. The van der Waals surface area contributed by atoms with Crippen LogP contribution in [0.2, 0.25) is 0 Å². The number of fused-ring (bicyclic) bond motifs is 4. The Morgan fingerprint density at radius 1 is 0.667 bits per heavy atom. The second kappa shape index (κ2) is 8.51. The van der Waals surface area contributed by atoms with Crippen molar-refractivity contribution in [2.75, 3.05) is 0 Å². The fraction of sp³-hybridized carbons (Fsp3) is 0.167. The number of rotatable bonds is 3. The maximum absolute atomic E-state index is 4.94. The Hall–Kier alpha value is -4.50. The Bertz CT molecular complexity index is 1900. The molecule has 0 spiro atoms. The monoisotopic (exact) mass is 505 g/mol. The molecule has 2 heterocycles. The van der Waals surface area contributed by atoms with E-state index in [9.17, 15) is 0 Å². The van der Waals surface area contributed by atoms with Crippen LogP contribution in [-0.2, 0) is 5.41 Å². The molecule has 1 aliphatic rings. The van der Waals surface area contributed by atoms with E-state index in [0.717, 1.165) is 28.6 Å². The first-order valence-electron chi connectivity index (χ1n) is 13.6. The molecule has 0 atom stereocenters. The SMILES string of the molecule is Cc1cc(C)nc(-n2c(C)cnc2-c2cc(-c3ccc4c(c3)-c3ccccc3C4(C)C)cc3ccccc23)c1. The van der Waals surface area contributed by atoms with Gasteiger partial charge in [0.05, 0.1) is 0 Å². The second-order valence-electron chi connectivity index (χ2n) is 11.4. The van der Waals surface area contributed by atoms with Gasteiger partial charge in [0.25, 0.3) is 0 Å². The summed E-state index contributed by atoms with van der Waals surface area (Å²) in [5.74, 6) is 1.82. The number of pyridine rings is 1. The Morgan fingerprint density at radius 2 is 1.41 bits per heavy atom. The van der Waals surface area contributed by atoms with Crippen molar-refractivity contribution in [2.24, 2.45) is 0 Å². The Morgan fingerprint density at radius 3 is 2.26 bits per heavy atom. The summed E-state index contributed by atoms with van der Waals surface area (Å²) >= 11 is 0. The van der Waals surface area contributed by atoms with Crippen LogP contribution in [-0.4, -0.2) is 14.5 Å². The van der Waals surface area contributed by atoms with Gasteiger partial charge in [0.15, 0.2) is 0 Å². The molecule has 3 nitrogen and oxygen atoms in total. The summed E-state index contributed by atoms with van der Waals surface area (Å²) in [5, 5.41) is 2.39. The minimum atomic E-state index is 0.000223. The number of benzene rings is 4. The highest BCUT2D eigenvalue weighted by Gasteiger charge is 2.35. The van der Waals surface area contributed by atoms with E-state index in [0.29, 0.717) is 0 Å². The first kappa shape index (κ1) is 23.6. The van der Waals surface area contributed by atoms with E-state index in [2.05, 4.69) is 123 Å². The van der Waals surface area contributed by atoms with Crippen LogP contribution in [0.5, 0.6) is 0 Å². The molecule has 0 bridgehead atoms. The summed E-state index contributed by atoms with van der Waals surface area (Å²) in [6.45, 7) is 10.9. The van der Waals surface area contributed by atoms with Crippen molar-refractivity contribution in [2.45, 2.75) is 40.0 Å². The predicted molar refractivity (Wildman–Crippen MR) is 162 cm³/mol. The van der Waals surface area contributed by atoms with Crippen LogP contribution >= 0.6 is 0 Å². The second-order valence-corrected chi connectivity index (χ2v) is 11.4. The molecule has 7 rings (SSSR count). The normalized spacial score (nSPS) is 13.5. The van der Waals surface area contributed by atoms with E-state index in [1.807, 2.05) is 13.1 Å². The van der Waals surface area contributed by atoms with E-state index < -0.39 is 0 Å². The number of hydrogen-bond acceptors (Lipinski definition) is 2. The molecule has 0 unspecified atom stereocenters. The maximum atomic E-state index is 4.94. The zero-order valence-electron chi connectivity index (χ0n) is 23.1. The Labute approximate surface area is 229 Å². The van der Waals surface area contributed by atoms with Gasteiger partial charge < -0.3 is 0 Å². The van der Waals surface area contributed by atoms with Crippen LogP contribution in [0.1, 0.15) is 41.9 Å². The van der Waals surface area contributed by atoms with Crippen LogP contribution in [0, 0.1) is 20.8 Å². The molecule has 0 saturated carbocycles. The summed E-state index contributed by atoms with van der Waals surface area (Å²) in [7, 11) is 0. The number of imidazole rings is 1. The number of nitrogens with zero attached hydrogens (tertiary/aromatic N) is 3. The molecule has 0 saturated heterocycles. The van der Waals surface area contributed by atoms with Gasteiger partial charge in [-0.05, 0) is 101 Å². The van der Waals surface area contributed by atoms with Gasteiger partial charge in [0, 0.05) is 28.6 Å². The van der Waals surface area contributed by atoms with Gasteiger partial charge in [0.1, 0.15) is 11.6 Å². The highest BCUT2D eigenvalue weighted by atomic mass is 15.1. The van der Waals surface area contributed by atoms with Crippen molar-refractivity contribution in [1.29, 1.82) is 0 Å². The lowest BCUT2D eigenvalue weighted by Crippen LogP contribution is -2.14. The molecule has 1 aliphatic carbocycles. The molecule has 0 radical (unpaired) electrons. The molecule has 0 aliphatic heterocycles. The first-order chi connectivity index (χ1) is 18.8. The maximum Gasteiger partial charge on any atom is 0.146 e. The average molecular weight is 506 g/mol. The van der Waals surface area contributed by atoms with Crippen molar-refractivity contribution in [3.05, 3.63) is 125 Å². The topological polar surface area (TPSA) is 30.7 Å². The van der Waals surface area contributed by atoms with E-state index in [-0.39, 0.29) is 5.41 Å². The predicted octanol–water partition coefficient (Wildman–Crippen LogP) is 8.99. The van der Waals surface area contributed by atoms with Crippen LogP contribution in [0.25, 0.3) is 50.2 Å². The zero-order valence-corrected chi connectivity index (χ0v) is 23.1. The summed E-state index contributed by atoms with van der Waals surface area (Å²) in [6, 6.07) is 33.3. The number of hydrogen-bond donors (Lipinski definition) is 0. The van der Waals surface area contributed by atoms with Crippen LogP contribution in [0.3, 0.4) is 0 Å². The van der Waals surface area contributed by atoms with Crippen molar-refractivity contribution in [1.82, 2.24) is 14.5 Å². The van der Waals surface area contributed by atoms with Crippen molar-refractivity contribution >= 4 is 10.8 Å². The molecule has 3 heteroatoms. The fourth-order valence-electron chi connectivity index (χ4n) is 6.41. The standard InChI is InChI=1S/C36H31N3/c1-22-16-23(2)38-34(17-22)39-24(3)21-37-35(39)31-20-27(18-26-10-6-7-11-28(26)31)25-14-15-33-30(19-25)29-12-8-9-13-32(29)36(33,4)5/h6-21H,1-5H3. The minimum absolute atomic E-state index is 0.000223. The Kier molecular flexibility index (Phi) is 5.15. The molecule has 4 aromatic carbocycles. The van der Waals surface area contributed by atoms with Gasteiger partial charge in [-0.2, -0.15) is 0 Å². The molecule has 190 valence electrons. The van der Waals surface area contributed by atoms with Crippen LogP contribution < -0.4 is 0 Å². The highest BCUT2D eigenvalue weighted by molar-refractivity contribution is 5.99. The van der Waals surface area contributed by atoms with Crippen LogP contribution in [0.4, 0.5) is 0 Å². The van der Waals surface area contributed by atoms with Crippen molar-refractivity contribution < 1.29 is 0 Å². The lowest BCUT2D eigenvalue weighted by molar-refractivity contribution is 0.660. The van der Waals surface area contributed by atoms with Gasteiger partial charge in [-0.1, -0.05) is 74.5 Å². The summed E-state index contributed by atoms with van der Waals surface area (Å²) in [5.41, 5.74) is 12.2. The molecule has 0 N–H and O–H groups in total. The smallest absolute Gasteiger partial charge is 0.146 e. The quantitative estimate of drug-likeness (QED) is 0.240. The van der Waals surface area contributed by atoms with Gasteiger partial charge in [0.2, 0.25) is 0 Å². The molecular formula is C36H31N3. The van der Waals surface area contributed by atoms with Gasteiger partial charge in [-0.25, -0.2) is 9.97 Å². The summed E-state index contributed by atoms with van der Waals surface area (Å²) in [4.78, 5) is 9.82. The Balaban J connectivity index is 1.45. The van der Waals surface area contributed by atoms with Crippen molar-refractivity contribution in [3.63, 3.8) is 0 Å². The van der Waals surface area contributed by atoms with E-state index in [4.69, 9.17) is 9.97 Å². The molecule has 0 fully saturated rings. The molecule has 0 amide bonds. The van der Waals surface area contributed by atoms with E-state index in [1.165, 1.54) is 49.7 Å². The summed E-state index contributed by atoms with van der Waals surface area (Å²) in [6.07, 6.45) is 1.95. The molecular weight excluding hydrogens is 474 g/mol. The molecule has 39 heavy (non-hydrogen) atoms. The van der Waals surface area contributed by atoms with Gasteiger partial charge >= 0.3 is 0 Å². The number of aromatic nitrogens is 3. The third kappa shape index (κ3) is 3.64. The van der Waals surface area contributed by atoms with Crippen molar-refractivity contribution in [3.8, 4) is 39.5 Å². The largest absolute Gasteiger partial charge is 0.281 e. The third-order valence-electron chi connectivity index (χ3n) is 8.27. The fourth-order valence-corrected chi connectivity index (χ4v) is 6.41. The average Bonchev–Trinajstić information content (AvgIpc) is 3.42. The van der Waals surface area contributed by atoms with Gasteiger partial charge in [-0.3, -0.25) is 4.57 Å². The lowest BCUT2D eigenvalue weighted by atomic mass is 9.82. The summed E-state index contributed by atoms with van der Waals surface area (Å²) < 4.78 is 2.19. The molecule has 2 aromatic heterocycles. The van der Waals surface area contributed by atoms with Gasteiger partial charge in [-0.15, -0.1) is 0 Å². The lowest BCUT2D eigenvalue weighted by Gasteiger charge is -2.21. The third-order valence-corrected chi connectivity index (χ3v) is 8.27. The van der Waals surface area contributed by atoms with E-state index in [1.54, 1.807) is 0 Å². The highest BCUT2D eigenvalue weighted by Crippen LogP contribution is 2.49.